The maximum atomic E-state index is 12.3. The molecule has 2 aromatic carbocycles. The predicted octanol–water partition coefficient (Wildman–Crippen LogP) is 3.95. The number of carbonyl (C=O) groups is 2. The summed E-state index contributed by atoms with van der Waals surface area (Å²) in [4.78, 5) is 24.3. The zero-order chi connectivity index (χ0) is 19.5. The van der Waals surface area contributed by atoms with Crippen LogP contribution in [0.1, 0.15) is 53.3 Å². The first-order chi connectivity index (χ1) is 13.1. The van der Waals surface area contributed by atoms with E-state index in [-0.39, 0.29) is 11.5 Å². The Labute approximate surface area is 158 Å². The van der Waals surface area contributed by atoms with Crippen LogP contribution >= 0.6 is 0 Å². The first kappa shape index (κ1) is 20.2. The number of hydrazone groups is 1. The number of hydrogen-bond donors (Lipinski definition) is 2. The van der Waals surface area contributed by atoms with Crippen LogP contribution in [0, 0.1) is 0 Å². The number of phenolic OH excluding ortho intramolecular Hbond substituents is 1. The number of ether oxygens (including phenoxy) is 1. The van der Waals surface area contributed by atoms with Crippen molar-refractivity contribution in [2.75, 3.05) is 6.61 Å². The molecule has 0 spiro atoms. The Morgan fingerprint density at radius 3 is 2.56 bits per heavy atom. The second-order valence-corrected chi connectivity index (χ2v) is 6.02. The number of hydrogen-bond acceptors (Lipinski definition) is 5. The Hall–Kier alpha value is -3.15. The molecule has 6 heteroatoms. The number of Topliss-reactive ketones (excluding diaryl/α,β-unsaturated/α-hetero) is 1. The van der Waals surface area contributed by atoms with Gasteiger partial charge in [-0.05, 0) is 42.8 Å². The highest BCUT2D eigenvalue weighted by atomic mass is 16.5. The van der Waals surface area contributed by atoms with Crippen LogP contribution in [0.2, 0.25) is 0 Å². The maximum absolute atomic E-state index is 12.3. The molecule has 0 aliphatic heterocycles. The smallest absolute Gasteiger partial charge is 0.271 e. The summed E-state index contributed by atoms with van der Waals surface area (Å²) in [5, 5.41) is 12.9. The molecule has 142 valence electrons. The van der Waals surface area contributed by atoms with Crippen molar-refractivity contribution >= 4 is 17.9 Å². The van der Waals surface area contributed by atoms with E-state index in [0.29, 0.717) is 23.5 Å². The Kier molecular flexibility index (Phi) is 8.03. The standard InChI is InChI=1S/C21H24N2O4/c1-2-3-4-7-14-27-20-9-6-5-8-18(20)19(25)15-22-23-21(26)16-10-12-17(24)13-11-16/h5-6,8-13,15,24H,2-4,7,14H2,1H3,(H,23,26)/b22-15-. The van der Waals surface area contributed by atoms with E-state index < -0.39 is 5.91 Å². The van der Waals surface area contributed by atoms with E-state index in [9.17, 15) is 14.7 Å². The van der Waals surface area contributed by atoms with Gasteiger partial charge in [0.1, 0.15) is 11.5 Å². The first-order valence-electron chi connectivity index (χ1n) is 9.00. The van der Waals surface area contributed by atoms with Gasteiger partial charge in [-0.25, -0.2) is 5.43 Å². The molecule has 0 bridgehead atoms. The molecule has 0 heterocycles. The molecule has 0 radical (unpaired) electrons. The molecule has 2 N–H and O–H groups in total. The number of amides is 1. The van der Waals surface area contributed by atoms with E-state index in [1.165, 1.54) is 24.3 Å². The summed E-state index contributed by atoms with van der Waals surface area (Å²) in [6, 6.07) is 12.7. The normalized spacial score (nSPS) is 10.7. The van der Waals surface area contributed by atoms with Gasteiger partial charge in [-0.2, -0.15) is 5.10 Å². The van der Waals surface area contributed by atoms with E-state index in [2.05, 4.69) is 17.5 Å². The Balaban J connectivity index is 1.92. The van der Waals surface area contributed by atoms with Crippen molar-refractivity contribution in [1.82, 2.24) is 5.43 Å². The molecule has 0 saturated carbocycles. The molecule has 27 heavy (non-hydrogen) atoms. The van der Waals surface area contributed by atoms with Gasteiger partial charge in [-0.3, -0.25) is 9.59 Å². The third-order valence-electron chi connectivity index (χ3n) is 3.89. The average molecular weight is 368 g/mol. The highest BCUT2D eigenvalue weighted by molar-refractivity contribution is 6.36. The molecule has 2 aromatic rings. The van der Waals surface area contributed by atoms with Gasteiger partial charge < -0.3 is 9.84 Å². The first-order valence-corrected chi connectivity index (χ1v) is 9.00. The third kappa shape index (κ3) is 6.58. The molecule has 1 amide bonds. The van der Waals surface area contributed by atoms with Gasteiger partial charge in [-0.1, -0.05) is 38.3 Å². The molecule has 0 unspecified atom stereocenters. The number of aromatic hydroxyl groups is 1. The molecule has 0 atom stereocenters. The number of carbonyl (C=O) groups excluding carboxylic acids is 2. The number of unbranched alkanes of at least 4 members (excludes halogenated alkanes) is 3. The number of nitrogens with one attached hydrogen (secondary N) is 1. The Morgan fingerprint density at radius 1 is 1.07 bits per heavy atom. The molecule has 0 fully saturated rings. The number of ketones is 1. The number of nitrogens with zero attached hydrogens (tertiary/aromatic N) is 1. The summed E-state index contributed by atoms with van der Waals surface area (Å²) in [5.41, 5.74) is 3.02. The topological polar surface area (TPSA) is 88.0 Å². The fourth-order valence-corrected chi connectivity index (χ4v) is 2.40. The molecule has 6 nitrogen and oxygen atoms in total. The second kappa shape index (κ2) is 10.8. The van der Waals surface area contributed by atoms with Crippen molar-refractivity contribution in [3.05, 3.63) is 59.7 Å². The third-order valence-corrected chi connectivity index (χ3v) is 3.89. The zero-order valence-electron chi connectivity index (χ0n) is 15.4. The highest BCUT2D eigenvalue weighted by Crippen LogP contribution is 2.18. The van der Waals surface area contributed by atoms with Crippen LogP contribution in [0.5, 0.6) is 11.5 Å². The maximum Gasteiger partial charge on any atom is 0.271 e. The Bertz CT molecular complexity index is 785. The van der Waals surface area contributed by atoms with Crippen LogP contribution in [-0.4, -0.2) is 29.6 Å². The molecule has 0 saturated heterocycles. The van der Waals surface area contributed by atoms with E-state index in [1.54, 1.807) is 18.2 Å². The van der Waals surface area contributed by atoms with E-state index >= 15 is 0 Å². The van der Waals surface area contributed by atoms with Gasteiger partial charge in [0.25, 0.3) is 5.91 Å². The number of rotatable bonds is 10. The second-order valence-electron chi connectivity index (χ2n) is 6.02. The van der Waals surface area contributed by atoms with Crippen LogP contribution in [0.3, 0.4) is 0 Å². The van der Waals surface area contributed by atoms with Gasteiger partial charge in [-0.15, -0.1) is 0 Å². The summed E-state index contributed by atoms with van der Waals surface area (Å²) >= 11 is 0. The summed E-state index contributed by atoms with van der Waals surface area (Å²) in [6.07, 6.45) is 5.40. The van der Waals surface area contributed by atoms with Crippen LogP contribution in [0.4, 0.5) is 0 Å². The lowest BCUT2D eigenvalue weighted by atomic mass is 10.1. The number of phenols is 1. The van der Waals surface area contributed by atoms with Gasteiger partial charge in [0.15, 0.2) is 0 Å². The lowest BCUT2D eigenvalue weighted by molar-refractivity contribution is 0.0955. The Morgan fingerprint density at radius 2 is 1.81 bits per heavy atom. The minimum atomic E-state index is -0.473. The number of benzene rings is 2. The summed E-state index contributed by atoms with van der Waals surface area (Å²) in [6.45, 7) is 2.70. The average Bonchev–Trinajstić information content (AvgIpc) is 2.68. The van der Waals surface area contributed by atoms with Crippen molar-refractivity contribution in [2.24, 2.45) is 5.10 Å². The molecule has 0 aliphatic carbocycles. The van der Waals surface area contributed by atoms with Crippen molar-refractivity contribution in [3.63, 3.8) is 0 Å². The predicted molar refractivity (Wildman–Crippen MR) is 104 cm³/mol. The van der Waals surface area contributed by atoms with E-state index in [1.807, 2.05) is 6.07 Å². The van der Waals surface area contributed by atoms with E-state index in [4.69, 9.17) is 4.74 Å². The minimum Gasteiger partial charge on any atom is -0.508 e. The van der Waals surface area contributed by atoms with Crippen molar-refractivity contribution in [2.45, 2.75) is 32.6 Å². The molecule has 2 rings (SSSR count). The van der Waals surface area contributed by atoms with Gasteiger partial charge >= 0.3 is 0 Å². The summed E-state index contributed by atoms with van der Waals surface area (Å²) < 4.78 is 5.72. The molecule has 0 aliphatic rings. The summed E-state index contributed by atoms with van der Waals surface area (Å²) in [7, 11) is 0. The monoisotopic (exact) mass is 368 g/mol. The van der Waals surface area contributed by atoms with Crippen molar-refractivity contribution in [3.8, 4) is 11.5 Å². The minimum absolute atomic E-state index is 0.0662. The largest absolute Gasteiger partial charge is 0.508 e. The number of para-hydroxylation sites is 1. The van der Waals surface area contributed by atoms with Crippen molar-refractivity contribution in [1.29, 1.82) is 0 Å². The fraction of sp³-hybridized carbons (Fsp3) is 0.286. The van der Waals surface area contributed by atoms with Crippen LogP contribution in [0.25, 0.3) is 0 Å². The van der Waals surface area contributed by atoms with Gasteiger partial charge in [0, 0.05) is 5.56 Å². The van der Waals surface area contributed by atoms with Gasteiger partial charge in [0.05, 0.1) is 18.4 Å². The molecular weight excluding hydrogens is 344 g/mol. The lowest BCUT2D eigenvalue weighted by Crippen LogP contribution is -2.18. The van der Waals surface area contributed by atoms with Crippen LogP contribution in [0.15, 0.2) is 53.6 Å². The van der Waals surface area contributed by atoms with Crippen LogP contribution < -0.4 is 10.2 Å². The van der Waals surface area contributed by atoms with Crippen LogP contribution in [-0.2, 0) is 0 Å². The molecular formula is C21H24N2O4. The SMILES string of the molecule is CCCCCCOc1ccccc1C(=O)/C=N\NC(=O)c1ccc(O)cc1. The zero-order valence-corrected chi connectivity index (χ0v) is 15.4. The van der Waals surface area contributed by atoms with Crippen molar-refractivity contribution < 1.29 is 19.4 Å². The summed E-state index contributed by atoms with van der Waals surface area (Å²) in [5.74, 6) is -0.253. The van der Waals surface area contributed by atoms with E-state index in [0.717, 1.165) is 31.9 Å². The highest BCUT2D eigenvalue weighted by Gasteiger charge is 2.10. The quantitative estimate of drug-likeness (QED) is 0.288. The van der Waals surface area contributed by atoms with Gasteiger partial charge in [0.2, 0.25) is 5.78 Å². The molecule has 0 aromatic heterocycles. The fourth-order valence-electron chi connectivity index (χ4n) is 2.40. The lowest BCUT2D eigenvalue weighted by Gasteiger charge is -2.09.